The summed E-state index contributed by atoms with van der Waals surface area (Å²) in [4.78, 5) is 4.10. The quantitative estimate of drug-likeness (QED) is 0.729. The first kappa shape index (κ1) is 8.31. The molecule has 0 atom stereocenters. The van der Waals surface area contributed by atoms with Gasteiger partial charge in [-0.05, 0) is 18.6 Å². The zero-order valence-electron chi connectivity index (χ0n) is 7.49. The van der Waals surface area contributed by atoms with Crippen LogP contribution in [0.4, 0.5) is 5.69 Å². The van der Waals surface area contributed by atoms with E-state index in [1.807, 2.05) is 13.0 Å². The van der Waals surface area contributed by atoms with Crippen molar-refractivity contribution in [3.63, 3.8) is 0 Å². The number of hydrogen-bond donors (Lipinski definition) is 1. The van der Waals surface area contributed by atoms with E-state index in [1.54, 1.807) is 6.20 Å². The molecule has 1 aliphatic rings. The van der Waals surface area contributed by atoms with E-state index in [1.165, 1.54) is 0 Å². The lowest BCUT2D eigenvalue weighted by molar-refractivity contribution is -0.0810. The van der Waals surface area contributed by atoms with Gasteiger partial charge in [-0.15, -0.1) is 0 Å². The molecule has 0 amide bonds. The Kier molecular flexibility index (Phi) is 2.06. The van der Waals surface area contributed by atoms with Crippen LogP contribution in [0, 0.1) is 6.92 Å². The molecule has 70 valence electrons. The van der Waals surface area contributed by atoms with Gasteiger partial charge in [-0.2, -0.15) is 0 Å². The third kappa shape index (κ3) is 1.72. The van der Waals surface area contributed by atoms with Crippen LogP contribution in [0.15, 0.2) is 12.3 Å². The molecule has 0 aliphatic carbocycles. The average molecular weight is 180 g/mol. The average Bonchev–Trinajstić information content (AvgIpc) is 1.99. The fraction of sp³-hybridized carbons (Fsp3) is 0.444. The molecule has 0 bridgehead atoms. The minimum absolute atomic E-state index is 0.123. The topological polar surface area (TPSA) is 57.4 Å². The second-order valence-electron chi connectivity index (χ2n) is 3.18. The van der Waals surface area contributed by atoms with E-state index < -0.39 is 0 Å². The predicted octanol–water partition coefficient (Wildman–Crippen LogP) is 0.750. The smallest absolute Gasteiger partial charge is 0.237 e. The molecular formula is C9H12N2O2. The summed E-state index contributed by atoms with van der Waals surface area (Å²) in [5.74, 6) is 0.513. The summed E-state index contributed by atoms with van der Waals surface area (Å²) in [5.41, 5.74) is 7.35. The normalized spacial score (nSPS) is 16.7. The van der Waals surface area contributed by atoms with Gasteiger partial charge in [0.2, 0.25) is 5.88 Å². The summed E-state index contributed by atoms with van der Waals surface area (Å²) in [5, 5.41) is 0. The monoisotopic (exact) mass is 180 g/mol. The molecule has 1 aromatic heterocycles. The maximum Gasteiger partial charge on any atom is 0.237 e. The number of ether oxygens (including phenoxy) is 2. The summed E-state index contributed by atoms with van der Waals surface area (Å²) >= 11 is 0. The predicted molar refractivity (Wildman–Crippen MR) is 48.6 cm³/mol. The number of rotatable bonds is 2. The molecule has 13 heavy (non-hydrogen) atoms. The van der Waals surface area contributed by atoms with Gasteiger partial charge in [0.1, 0.15) is 6.10 Å². The van der Waals surface area contributed by atoms with E-state index in [0.717, 1.165) is 5.56 Å². The maximum absolute atomic E-state index is 5.72. The fourth-order valence-electron chi connectivity index (χ4n) is 1.12. The third-order valence-electron chi connectivity index (χ3n) is 1.90. The molecule has 0 radical (unpaired) electrons. The lowest BCUT2D eigenvalue weighted by Gasteiger charge is -2.26. The van der Waals surface area contributed by atoms with Crippen LogP contribution in [-0.4, -0.2) is 24.3 Å². The molecule has 2 heterocycles. The Balaban J connectivity index is 2.10. The Morgan fingerprint density at radius 2 is 2.38 bits per heavy atom. The van der Waals surface area contributed by atoms with Gasteiger partial charge in [-0.3, -0.25) is 0 Å². The van der Waals surface area contributed by atoms with E-state index in [0.29, 0.717) is 24.8 Å². The van der Waals surface area contributed by atoms with Crippen LogP contribution in [-0.2, 0) is 4.74 Å². The van der Waals surface area contributed by atoms with E-state index >= 15 is 0 Å². The highest BCUT2D eigenvalue weighted by atomic mass is 16.6. The summed E-state index contributed by atoms with van der Waals surface area (Å²) in [6.45, 7) is 3.21. The summed E-state index contributed by atoms with van der Waals surface area (Å²) in [6, 6.07) is 1.85. The van der Waals surface area contributed by atoms with Gasteiger partial charge >= 0.3 is 0 Å². The van der Waals surface area contributed by atoms with Crippen LogP contribution in [0.25, 0.3) is 0 Å². The van der Waals surface area contributed by atoms with Gasteiger partial charge in [0.25, 0.3) is 0 Å². The number of aromatic nitrogens is 1. The van der Waals surface area contributed by atoms with E-state index in [4.69, 9.17) is 15.2 Å². The van der Waals surface area contributed by atoms with Crippen molar-refractivity contribution in [1.82, 2.24) is 4.98 Å². The van der Waals surface area contributed by atoms with E-state index in [2.05, 4.69) is 4.98 Å². The zero-order chi connectivity index (χ0) is 9.26. The van der Waals surface area contributed by atoms with Crippen molar-refractivity contribution in [2.75, 3.05) is 18.9 Å². The largest absolute Gasteiger partial charge is 0.468 e. The molecule has 0 saturated carbocycles. The Bertz CT molecular complexity index is 310. The van der Waals surface area contributed by atoms with Crippen LogP contribution in [0.2, 0.25) is 0 Å². The first-order valence-electron chi connectivity index (χ1n) is 4.22. The number of aryl methyl sites for hydroxylation is 1. The lowest BCUT2D eigenvalue weighted by atomic mass is 10.3. The summed E-state index contributed by atoms with van der Waals surface area (Å²) in [6.07, 6.45) is 1.86. The first-order valence-corrected chi connectivity index (χ1v) is 4.22. The Morgan fingerprint density at radius 3 is 2.92 bits per heavy atom. The number of pyridine rings is 1. The van der Waals surface area contributed by atoms with Gasteiger partial charge < -0.3 is 15.2 Å². The minimum atomic E-state index is 0.123. The van der Waals surface area contributed by atoms with Crippen molar-refractivity contribution in [2.24, 2.45) is 0 Å². The van der Waals surface area contributed by atoms with Crippen molar-refractivity contribution in [3.05, 3.63) is 17.8 Å². The van der Waals surface area contributed by atoms with Crippen molar-refractivity contribution < 1.29 is 9.47 Å². The number of nitrogens with two attached hydrogens (primary N) is 1. The van der Waals surface area contributed by atoms with E-state index in [-0.39, 0.29) is 6.10 Å². The van der Waals surface area contributed by atoms with Crippen LogP contribution in [0.1, 0.15) is 5.56 Å². The molecule has 2 N–H and O–H groups in total. The van der Waals surface area contributed by atoms with Crippen molar-refractivity contribution in [3.8, 4) is 5.88 Å². The van der Waals surface area contributed by atoms with Gasteiger partial charge in [0, 0.05) is 6.20 Å². The molecule has 0 unspecified atom stereocenters. The highest BCUT2D eigenvalue weighted by Crippen LogP contribution is 2.21. The molecule has 2 rings (SSSR count). The van der Waals surface area contributed by atoms with Crippen molar-refractivity contribution >= 4 is 5.69 Å². The fourth-order valence-corrected chi connectivity index (χ4v) is 1.12. The maximum atomic E-state index is 5.72. The second-order valence-corrected chi connectivity index (χ2v) is 3.18. The standard InChI is InChI=1S/C9H12N2O2/c1-6-2-8(10)9(11-3-6)13-7-4-12-5-7/h2-3,7H,4-5,10H2,1H3. The Labute approximate surface area is 76.7 Å². The number of hydrogen-bond acceptors (Lipinski definition) is 4. The molecule has 1 fully saturated rings. The molecule has 0 aromatic carbocycles. The molecule has 1 aliphatic heterocycles. The zero-order valence-corrected chi connectivity index (χ0v) is 7.49. The van der Waals surface area contributed by atoms with Gasteiger partial charge in [0.15, 0.2) is 0 Å². The van der Waals surface area contributed by atoms with Crippen molar-refractivity contribution in [1.29, 1.82) is 0 Å². The Morgan fingerprint density at radius 1 is 1.62 bits per heavy atom. The highest BCUT2D eigenvalue weighted by molar-refractivity contribution is 5.49. The van der Waals surface area contributed by atoms with Crippen molar-refractivity contribution in [2.45, 2.75) is 13.0 Å². The minimum Gasteiger partial charge on any atom is -0.468 e. The Hall–Kier alpha value is -1.29. The highest BCUT2D eigenvalue weighted by Gasteiger charge is 2.21. The van der Waals surface area contributed by atoms with Crippen LogP contribution < -0.4 is 10.5 Å². The first-order chi connectivity index (χ1) is 6.25. The number of nitrogens with zero attached hydrogens (tertiary/aromatic N) is 1. The van der Waals surface area contributed by atoms with Gasteiger partial charge in [-0.1, -0.05) is 0 Å². The van der Waals surface area contributed by atoms with Crippen LogP contribution in [0.3, 0.4) is 0 Å². The summed E-state index contributed by atoms with van der Waals surface area (Å²) < 4.78 is 10.5. The molecule has 4 heteroatoms. The van der Waals surface area contributed by atoms with E-state index in [9.17, 15) is 0 Å². The molecular weight excluding hydrogens is 168 g/mol. The second kappa shape index (κ2) is 3.22. The molecule has 1 aromatic rings. The summed E-state index contributed by atoms with van der Waals surface area (Å²) in [7, 11) is 0. The molecule has 0 spiro atoms. The SMILES string of the molecule is Cc1cnc(OC2COC2)c(N)c1. The molecule has 1 saturated heterocycles. The number of anilines is 1. The lowest BCUT2D eigenvalue weighted by Crippen LogP contribution is -2.38. The van der Waals surface area contributed by atoms with Gasteiger partial charge in [-0.25, -0.2) is 4.98 Å². The number of nitrogen functional groups attached to an aromatic ring is 1. The third-order valence-corrected chi connectivity index (χ3v) is 1.90. The molecule has 4 nitrogen and oxygen atoms in total. The van der Waals surface area contributed by atoms with Crippen LogP contribution >= 0.6 is 0 Å². The van der Waals surface area contributed by atoms with Crippen LogP contribution in [0.5, 0.6) is 5.88 Å². The van der Waals surface area contributed by atoms with Gasteiger partial charge in [0.05, 0.1) is 18.9 Å².